The van der Waals surface area contributed by atoms with Crippen LogP contribution in [0.1, 0.15) is 24.0 Å². The third-order valence-electron chi connectivity index (χ3n) is 7.01. The lowest BCUT2D eigenvalue weighted by Gasteiger charge is -2.47. The number of aldehydes is 1. The number of aromatic nitrogens is 2. The number of hydrogen-bond acceptors (Lipinski definition) is 7. The van der Waals surface area contributed by atoms with Crippen LogP contribution < -0.4 is 10.6 Å². The van der Waals surface area contributed by atoms with Gasteiger partial charge in [0.05, 0.1) is 11.8 Å². The highest BCUT2D eigenvalue weighted by molar-refractivity contribution is 5.57. The summed E-state index contributed by atoms with van der Waals surface area (Å²) in [5, 5.41) is 0. The van der Waals surface area contributed by atoms with Gasteiger partial charge in [0.1, 0.15) is 12.0 Å². The van der Waals surface area contributed by atoms with Gasteiger partial charge in [0, 0.05) is 63.6 Å². The van der Waals surface area contributed by atoms with E-state index >= 15 is 0 Å². The summed E-state index contributed by atoms with van der Waals surface area (Å²) in [4.78, 5) is 26.9. The highest BCUT2D eigenvalue weighted by atomic mass is 19.4. The lowest BCUT2D eigenvalue weighted by atomic mass is 9.72. The lowest BCUT2D eigenvalue weighted by Crippen LogP contribution is -2.59. The Balaban J connectivity index is 1.40. The summed E-state index contributed by atoms with van der Waals surface area (Å²) in [5.41, 5.74) is 5.56. The van der Waals surface area contributed by atoms with E-state index in [2.05, 4.69) is 24.7 Å². The van der Waals surface area contributed by atoms with Gasteiger partial charge in [-0.3, -0.25) is 14.8 Å². The molecule has 2 fully saturated rings. The molecule has 0 radical (unpaired) electrons. The van der Waals surface area contributed by atoms with Crippen molar-refractivity contribution >= 4 is 12.1 Å². The van der Waals surface area contributed by atoms with Crippen LogP contribution in [0, 0.1) is 0 Å². The van der Waals surface area contributed by atoms with Gasteiger partial charge in [-0.25, -0.2) is 4.98 Å². The maximum Gasteiger partial charge on any atom is 0.416 e. The number of rotatable bonds is 6. The normalized spacial score (nSPS) is 21.0. The first-order chi connectivity index (χ1) is 15.9. The van der Waals surface area contributed by atoms with Gasteiger partial charge in [-0.05, 0) is 24.5 Å². The summed E-state index contributed by atoms with van der Waals surface area (Å²) in [6.45, 7) is 4.38. The molecule has 1 aromatic heterocycles. The third kappa shape index (κ3) is 5.02. The van der Waals surface area contributed by atoms with Crippen LogP contribution >= 0.6 is 0 Å². The second kappa shape index (κ2) is 9.74. The monoisotopic (exact) mass is 462 g/mol. The molecule has 2 aliphatic rings. The Hall–Kier alpha value is -2.56. The van der Waals surface area contributed by atoms with Crippen molar-refractivity contribution < 1.29 is 18.0 Å². The smallest absolute Gasteiger partial charge is 0.353 e. The zero-order valence-electron chi connectivity index (χ0n) is 18.4. The molecule has 2 aliphatic heterocycles. The molecule has 4 rings (SSSR count). The van der Waals surface area contributed by atoms with Gasteiger partial charge in [-0.2, -0.15) is 13.2 Å². The number of nitrogens with two attached hydrogens (primary N) is 1. The molecule has 3 heterocycles. The van der Waals surface area contributed by atoms with Gasteiger partial charge < -0.3 is 15.4 Å². The van der Waals surface area contributed by atoms with Crippen molar-refractivity contribution in [2.24, 2.45) is 5.73 Å². The van der Waals surface area contributed by atoms with Crippen molar-refractivity contribution in [3.63, 3.8) is 0 Å². The number of carbonyl (C=O) groups is 1. The lowest BCUT2D eigenvalue weighted by molar-refractivity contribution is -0.137. The Morgan fingerprint density at radius 3 is 2.33 bits per heavy atom. The predicted octanol–water partition coefficient (Wildman–Crippen LogP) is 2.13. The zero-order valence-corrected chi connectivity index (χ0v) is 18.4. The first-order valence-electron chi connectivity index (χ1n) is 11.2. The van der Waals surface area contributed by atoms with Crippen molar-refractivity contribution in [1.82, 2.24) is 19.8 Å². The van der Waals surface area contributed by atoms with Crippen LogP contribution in [0.25, 0.3) is 0 Å². The van der Waals surface area contributed by atoms with Crippen LogP contribution in [0.4, 0.5) is 19.0 Å². The number of piperazine rings is 1. The fourth-order valence-corrected chi connectivity index (χ4v) is 4.93. The Kier molecular flexibility index (Phi) is 6.96. The second-order valence-corrected chi connectivity index (χ2v) is 8.74. The molecule has 0 bridgehead atoms. The van der Waals surface area contributed by atoms with Crippen molar-refractivity contribution in [1.29, 1.82) is 0 Å². The fourth-order valence-electron chi connectivity index (χ4n) is 4.93. The molecule has 10 heteroatoms. The quantitative estimate of drug-likeness (QED) is 0.659. The summed E-state index contributed by atoms with van der Waals surface area (Å²) in [7, 11) is 0. The maximum atomic E-state index is 13.2. The van der Waals surface area contributed by atoms with E-state index in [0.29, 0.717) is 44.6 Å². The van der Waals surface area contributed by atoms with Gasteiger partial charge >= 0.3 is 6.18 Å². The minimum atomic E-state index is -4.39. The number of halogens is 3. The van der Waals surface area contributed by atoms with E-state index in [9.17, 15) is 18.0 Å². The van der Waals surface area contributed by atoms with E-state index in [1.54, 1.807) is 24.7 Å². The molecule has 7 nitrogen and oxygen atoms in total. The number of hydrogen-bond donors (Lipinski definition) is 1. The molecule has 0 spiro atoms. The molecule has 2 N–H and O–H groups in total. The van der Waals surface area contributed by atoms with Gasteiger partial charge in [0.15, 0.2) is 6.29 Å². The summed E-state index contributed by atoms with van der Waals surface area (Å²) in [5.74, 6) is 0.826. The predicted molar refractivity (Wildman–Crippen MR) is 119 cm³/mol. The second-order valence-electron chi connectivity index (χ2n) is 8.74. The van der Waals surface area contributed by atoms with Gasteiger partial charge in [-0.15, -0.1) is 0 Å². The summed E-state index contributed by atoms with van der Waals surface area (Å²) in [6, 6.07) is 5.50. The number of likely N-dealkylation sites (tertiary alicyclic amines) is 1. The molecule has 1 unspecified atom stereocenters. The van der Waals surface area contributed by atoms with E-state index in [-0.39, 0.29) is 12.7 Å². The highest BCUT2D eigenvalue weighted by Crippen LogP contribution is 2.38. The van der Waals surface area contributed by atoms with Crippen LogP contribution in [-0.2, 0) is 16.4 Å². The molecule has 2 aromatic rings. The van der Waals surface area contributed by atoms with Crippen LogP contribution in [0.15, 0.2) is 42.9 Å². The van der Waals surface area contributed by atoms with Crippen LogP contribution in [-0.4, -0.2) is 78.0 Å². The first kappa shape index (κ1) is 23.6. The minimum absolute atomic E-state index is 0.269. The number of benzene rings is 1. The molecule has 2 saturated heterocycles. The molecule has 0 saturated carbocycles. The number of alkyl halides is 3. The van der Waals surface area contributed by atoms with Crippen molar-refractivity contribution in [2.45, 2.75) is 30.6 Å². The fraction of sp³-hybridized carbons (Fsp3) is 0.522. The Bertz CT molecular complexity index is 925. The summed E-state index contributed by atoms with van der Waals surface area (Å²) in [6.07, 6.45) is 2.48. The Morgan fingerprint density at radius 2 is 1.76 bits per heavy atom. The van der Waals surface area contributed by atoms with Crippen molar-refractivity contribution in [2.75, 3.05) is 50.7 Å². The van der Waals surface area contributed by atoms with E-state index in [4.69, 9.17) is 5.73 Å². The molecule has 33 heavy (non-hydrogen) atoms. The molecular formula is C23H29F3N6O. The van der Waals surface area contributed by atoms with Crippen LogP contribution in [0.3, 0.4) is 0 Å². The van der Waals surface area contributed by atoms with E-state index < -0.39 is 17.2 Å². The highest BCUT2D eigenvalue weighted by Gasteiger charge is 2.40. The van der Waals surface area contributed by atoms with Gasteiger partial charge in [0.2, 0.25) is 0 Å². The summed E-state index contributed by atoms with van der Waals surface area (Å²) < 4.78 is 39.7. The zero-order chi connectivity index (χ0) is 23.5. The van der Waals surface area contributed by atoms with Gasteiger partial charge in [-0.1, -0.05) is 18.2 Å². The number of nitrogens with zero attached hydrogens (tertiary/aromatic N) is 5. The topological polar surface area (TPSA) is 78.6 Å². The Morgan fingerprint density at radius 1 is 1.06 bits per heavy atom. The number of anilines is 1. The molecule has 1 aromatic carbocycles. The van der Waals surface area contributed by atoms with Crippen LogP contribution in [0.2, 0.25) is 0 Å². The SMILES string of the molecule is NCC1(c2cccc(C(F)(F)F)c2)CCN(C(C=O)N2CCN(c3cnccn3)CC2)CC1. The standard InChI is InChI=1S/C23H29F3N6O/c24-23(25,26)19-3-1-2-18(14-19)22(17-27)4-8-31(9-5-22)21(16-33)32-12-10-30(11-13-32)20-15-28-6-7-29-20/h1-3,6-7,14-16,21H,4-5,8-13,17,27H2. The number of piperidine rings is 1. The Labute approximate surface area is 191 Å². The molecule has 1 atom stereocenters. The minimum Gasteiger partial charge on any atom is -0.353 e. The first-order valence-corrected chi connectivity index (χ1v) is 11.2. The molecule has 178 valence electrons. The molecular weight excluding hydrogens is 433 g/mol. The van der Waals surface area contributed by atoms with E-state index in [1.807, 2.05) is 0 Å². The average molecular weight is 463 g/mol. The average Bonchev–Trinajstić information content (AvgIpc) is 2.85. The van der Waals surface area contributed by atoms with E-state index in [1.165, 1.54) is 12.1 Å². The largest absolute Gasteiger partial charge is 0.416 e. The van der Waals surface area contributed by atoms with Crippen molar-refractivity contribution in [3.8, 4) is 0 Å². The maximum absolute atomic E-state index is 13.2. The van der Waals surface area contributed by atoms with Gasteiger partial charge in [0.25, 0.3) is 0 Å². The summed E-state index contributed by atoms with van der Waals surface area (Å²) >= 11 is 0. The number of carbonyl (C=O) groups excluding carboxylic acids is 1. The third-order valence-corrected chi connectivity index (χ3v) is 7.01. The molecule has 0 amide bonds. The molecule has 0 aliphatic carbocycles. The van der Waals surface area contributed by atoms with E-state index in [0.717, 1.165) is 31.3 Å². The van der Waals surface area contributed by atoms with Crippen LogP contribution in [0.5, 0.6) is 0 Å². The van der Waals surface area contributed by atoms with Crippen molar-refractivity contribution in [3.05, 3.63) is 54.0 Å².